The van der Waals surface area contributed by atoms with E-state index in [0.717, 1.165) is 5.01 Å². The van der Waals surface area contributed by atoms with Gasteiger partial charge in [-0.25, -0.2) is 15.8 Å². The summed E-state index contributed by atoms with van der Waals surface area (Å²) in [6.45, 7) is 1.74. The van der Waals surface area contributed by atoms with Crippen molar-refractivity contribution < 1.29 is 23.9 Å². The molecule has 176 valence electrons. The zero-order chi connectivity index (χ0) is 24.7. The fraction of sp³-hybridized carbons (Fsp3) is 0.227. The van der Waals surface area contributed by atoms with Crippen LogP contribution in [0.2, 0.25) is 0 Å². The Labute approximate surface area is 199 Å². The molecular weight excluding hydrogens is 462 g/mol. The molecule has 0 spiro atoms. The molecule has 0 aromatic heterocycles. The molecule has 12 heteroatoms. The van der Waals surface area contributed by atoms with E-state index in [0.29, 0.717) is 5.75 Å². The smallest absolute Gasteiger partial charge is 0.352 e. The highest BCUT2D eigenvalue weighted by Gasteiger charge is 2.39. The summed E-state index contributed by atoms with van der Waals surface area (Å²) < 4.78 is 16.7. The highest BCUT2D eigenvalue weighted by atomic mass is 32.2. The number of hydrogen-bond donors (Lipinski definition) is 1. The second-order valence-corrected chi connectivity index (χ2v) is 7.62. The van der Waals surface area contributed by atoms with Gasteiger partial charge in [0.1, 0.15) is 11.5 Å². The maximum absolute atomic E-state index is 12.1. The molecule has 1 aliphatic rings. The van der Waals surface area contributed by atoms with Crippen LogP contribution >= 0.6 is 11.8 Å². The Kier molecular flexibility index (Phi) is 8.07. The van der Waals surface area contributed by atoms with Gasteiger partial charge < -0.3 is 14.2 Å². The fourth-order valence-electron chi connectivity index (χ4n) is 2.99. The van der Waals surface area contributed by atoms with E-state index in [1.165, 1.54) is 30.0 Å². The van der Waals surface area contributed by atoms with E-state index < -0.39 is 28.5 Å². The van der Waals surface area contributed by atoms with Gasteiger partial charge in [-0.2, -0.15) is 5.26 Å². The molecule has 11 nitrogen and oxygen atoms in total. The molecule has 1 atom stereocenters. The van der Waals surface area contributed by atoms with Gasteiger partial charge in [-0.05, 0) is 37.4 Å². The Bertz CT molecular complexity index is 1180. The lowest BCUT2D eigenvalue weighted by Gasteiger charge is -2.30. The van der Waals surface area contributed by atoms with Crippen LogP contribution in [0.25, 0.3) is 0 Å². The summed E-state index contributed by atoms with van der Waals surface area (Å²) in [6, 6.07) is 15.2. The number of esters is 1. The molecule has 0 aliphatic carbocycles. The van der Waals surface area contributed by atoms with Crippen molar-refractivity contribution in [3.8, 4) is 23.3 Å². The predicted octanol–water partition coefficient (Wildman–Crippen LogP) is 3.41. The summed E-state index contributed by atoms with van der Waals surface area (Å²) in [7, 11) is 0. The zero-order valence-electron chi connectivity index (χ0n) is 18.3. The van der Waals surface area contributed by atoms with Crippen molar-refractivity contribution in [3.63, 3.8) is 0 Å². The molecule has 0 amide bonds. The van der Waals surface area contributed by atoms with Gasteiger partial charge in [-0.15, -0.1) is 11.8 Å². The summed E-state index contributed by atoms with van der Waals surface area (Å²) in [4.78, 5) is 27.6. The molecule has 2 N–H and O–H groups in total. The summed E-state index contributed by atoms with van der Waals surface area (Å²) >= 11 is 1.18. The molecule has 34 heavy (non-hydrogen) atoms. The van der Waals surface area contributed by atoms with Crippen molar-refractivity contribution in [3.05, 3.63) is 75.8 Å². The van der Waals surface area contributed by atoms with Crippen LogP contribution in [0.3, 0.4) is 0 Å². The van der Waals surface area contributed by atoms with Gasteiger partial charge in [-0.3, -0.25) is 14.9 Å². The Balaban J connectivity index is 2.08. The Hall–Kier alpha value is -4.08. The molecule has 2 aromatic rings. The van der Waals surface area contributed by atoms with E-state index in [9.17, 15) is 20.2 Å². The molecule has 1 aliphatic heterocycles. The zero-order valence-corrected chi connectivity index (χ0v) is 19.2. The summed E-state index contributed by atoms with van der Waals surface area (Å²) in [5, 5.41) is 22.3. The number of allylic oxidation sites excluding steroid dienone is 1. The van der Waals surface area contributed by atoms with Crippen LogP contribution < -0.4 is 15.3 Å². The van der Waals surface area contributed by atoms with Crippen LogP contribution in [0, 0.1) is 21.4 Å². The second kappa shape index (κ2) is 11.2. The summed E-state index contributed by atoms with van der Waals surface area (Å²) in [5.74, 6) is 5.80. The topological polar surface area (TPSA) is 153 Å². The Morgan fingerprint density at radius 1 is 1.26 bits per heavy atom. The number of nitriles is 1. The van der Waals surface area contributed by atoms with E-state index in [1.807, 2.05) is 12.1 Å². The molecule has 3 rings (SSSR count). The number of para-hydroxylation sites is 1. The first-order chi connectivity index (χ1) is 16.4. The van der Waals surface area contributed by atoms with Crippen molar-refractivity contribution in [2.75, 3.05) is 12.9 Å². The normalized spacial score (nSPS) is 15.3. The number of nitrogens with zero attached hydrogens (tertiary/aromatic N) is 4. The lowest BCUT2D eigenvalue weighted by molar-refractivity contribution is -0.419. The maximum atomic E-state index is 12.1. The minimum Gasteiger partial charge on any atom is -0.466 e. The number of carbonyl (C=O) groups excluding carboxylic acids is 1. The number of nitrogens with two attached hydrogens (primary N) is 1. The Morgan fingerprint density at radius 2 is 2.00 bits per heavy atom. The lowest BCUT2D eigenvalue weighted by atomic mass is 10.2. The highest BCUT2D eigenvalue weighted by molar-refractivity contribution is 7.99. The number of ether oxygens (including phenoxy) is 3. The van der Waals surface area contributed by atoms with E-state index in [1.54, 1.807) is 37.4 Å². The summed E-state index contributed by atoms with van der Waals surface area (Å²) in [6.07, 6.45) is 1.26. The monoisotopic (exact) mass is 483 g/mol. The largest absolute Gasteiger partial charge is 0.466 e. The molecule has 1 heterocycles. The van der Waals surface area contributed by atoms with E-state index >= 15 is 0 Å². The van der Waals surface area contributed by atoms with Crippen molar-refractivity contribution in [1.29, 1.82) is 5.26 Å². The average Bonchev–Trinajstić information content (AvgIpc) is 2.82. The number of rotatable bonds is 9. The molecule has 0 saturated heterocycles. The maximum Gasteiger partial charge on any atom is 0.352 e. The van der Waals surface area contributed by atoms with Crippen molar-refractivity contribution in [2.45, 2.75) is 18.8 Å². The van der Waals surface area contributed by atoms with Crippen LogP contribution in [0.1, 0.15) is 18.9 Å². The number of hydrazine groups is 1. The number of hydrogen-bond acceptors (Lipinski definition) is 11. The van der Waals surface area contributed by atoms with Gasteiger partial charge >= 0.3 is 11.7 Å². The first-order valence-electron chi connectivity index (χ1n) is 10.0. The van der Waals surface area contributed by atoms with Crippen molar-refractivity contribution >= 4 is 23.4 Å². The van der Waals surface area contributed by atoms with Gasteiger partial charge in [-0.1, -0.05) is 18.2 Å². The number of aliphatic imine (C=N–C) groups is 1. The van der Waals surface area contributed by atoms with Crippen molar-refractivity contribution in [1.82, 2.24) is 5.01 Å². The van der Waals surface area contributed by atoms with E-state index in [4.69, 9.17) is 20.1 Å². The fourth-order valence-corrected chi connectivity index (χ4v) is 3.55. The van der Waals surface area contributed by atoms with Crippen LogP contribution in [0.15, 0.2) is 65.1 Å². The first kappa shape index (κ1) is 24.6. The van der Waals surface area contributed by atoms with Crippen LogP contribution in [-0.2, 0) is 9.53 Å². The van der Waals surface area contributed by atoms with Crippen LogP contribution in [0.4, 0.5) is 0 Å². The Morgan fingerprint density at radius 3 is 2.62 bits per heavy atom. The van der Waals surface area contributed by atoms with Gasteiger partial charge in [0.2, 0.25) is 0 Å². The van der Waals surface area contributed by atoms with Gasteiger partial charge in [0.15, 0.2) is 17.0 Å². The lowest BCUT2D eigenvalue weighted by Crippen LogP contribution is -2.45. The third-order valence-corrected chi connectivity index (χ3v) is 5.23. The highest BCUT2D eigenvalue weighted by Crippen LogP contribution is 2.36. The first-order valence-corrected chi connectivity index (χ1v) is 11.3. The minimum absolute atomic E-state index is 0.0185. The number of nitro groups is 1. The standard InChI is InChI=1S/C22H21N5O6S/c1-3-31-19(28)12-16-20(27(29)30)21(26(24)22(25-16)34-2)33-18-11-14(13-23)9-10-17(18)32-15-7-5-4-6-8-15/h4-11,22H,3,12,24H2,1-2H3. The average molecular weight is 484 g/mol. The van der Waals surface area contributed by atoms with Gasteiger partial charge in [0.05, 0.1) is 29.6 Å². The second-order valence-electron chi connectivity index (χ2n) is 6.73. The molecule has 2 aromatic carbocycles. The molecule has 0 saturated carbocycles. The van der Waals surface area contributed by atoms with Crippen LogP contribution in [-0.4, -0.2) is 40.0 Å². The van der Waals surface area contributed by atoms with Gasteiger partial charge in [0.25, 0.3) is 5.88 Å². The quantitative estimate of drug-likeness (QED) is 0.243. The van der Waals surface area contributed by atoms with Gasteiger partial charge in [0, 0.05) is 6.07 Å². The predicted molar refractivity (Wildman–Crippen MR) is 124 cm³/mol. The molecule has 0 bridgehead atoms. The van der Waals surface area contributed by atoms with E-state index in [-0.39, 0.29) is 35.3 Å². The van der Waals surface area contributed by atoms with Crippen molar-refractivity contribution in [2.24, 2.45) is 10.8 Å². The number of benzene rings is 2. The molecule has 0 radical (unpaired) electrons. The third kappa shape index (κ3) is 5.64. The van der Waals surface area contributed by atoms with Crippen LogP contribution in [0.5, 0.6) is 17.2 Å². The minimum atomic E-state index is -0.805. The number of carbonyl (C=O) groups is 1. The molecule has 1 unspecified atom stereocenters. The van der Waals surface area contributed by atoms with E-state index in [2.05, 4.69) is 4.99 Å². The molecular formula is C22H21N5O6S. The third-order valence-electron chi connectivity index (χ3n) is 4.48. The molecule has 0 fully saturated rings. The number of thioether (sulfide) groups is 1. The summed E-state index contributed by atoms with van der Waals surface area (Å²) in [5.41, 5.74) is -1.30. The SMILES string of the molecule is CCOC(=O)CC1=NC(SC)N(N)C(Oc2cc(C#N)ccc2Oc2ccccc2)=C1[N+](=O)[O-].